The maximum absolute atomic E-state index is 11.4. The third kappa shape index (κ3) is 1.60. The van der Waals surface area contributed by atoms with E-state index in [4.69, 9.17) is 0 Å². The van der Waals surface area contributed by atoms with Crippen LogP contribution in [0.25, 0.3) is 0 Å². The molecule has 0 aromatic carbocycles. The molecule has 2 aliphatic rings. The molecule has 0 bridgehead atoms. The molecule has 0 radical (unpaired) electrons. The van der Waals surface area contributed by atoms with E-state index in [0.717, 1.165) is 25.9 Å². The molecule has 14 heavy (non-hydrogen) atoms. The fraction of sp³-hybridized carbons (Fsp3) is 0.714. The molecule has 1 N–H and O–H groups in total. The summed E-state index contributed by atoms with van der Waals surface area (Å²) in [6.45, 7) is 1.80. The summed E-state index contributed by atoms with van der Waals surface area (Å²) >= 11 is 0. The Morgan fingerprint density at radius 2 is 1.86 bits per heavy atom. The molecule has 2 rings (SSSR count). The van der Waals surface area contributed by atoms with Crippen LogP contribution in [0.2, 0.25) is 0 Å². The normalized spacial score (nSPS) is 23.0. The van der Waals surface area contributed by atoms with Crippen LogP contribution in [-0.4, -0.2) is 49.1 Å². The van der Waals surface area contributed by atoms with Crippen molar-refractivity contribution in [2.24, 2.45) is 0 Å². The molecule has 0 aliphatic carbocycles. The third-order valence-corrected chi connectivity index (χ3v) is 3.03. The summed E-state index contributed by atoms with van der Waals surface area (Å²) < 4.78 is 21.2. The average Bonchev–Trinajstić information content (AvgIpc) is 2.71. The van der Waals surface area contributed by atoms with Gasteiger partial charge in [0.2, 0.25) is 10.3 Å². The lowest BCUT2D eigenvalue weighted by atomic mass is 10.4. The molecule has 2 saturated heterocycles. The van der Waals surface area contributed by atoms with Crippen LogP contribution in [-0.2, 0) is 10.3 Å². The van der Waals surface area contributed by atoms with Crippen LogP contribution in [0.5, 0.6) is 0 Å². The molecule has 0 aromatic heterocycles. The standard InChI is InChI=1S/C7H11N3O3S/c11-7-8-6(14(12)13)5-10(7)9-3-1-2-4-9/h1-5H2,(H,8,11). The van der Waals surface area contributed by atoms with Gasteiger partial charge in [-0.15, -0.1) is 0 Å². The van der Waals surface area contributed by atoms with Gasteiger partial charge in [0.05, 0.1) is 6.54 Å². The Morgan fingerprint density at radius 1 is 1.21 bits per heavy atom. The summed E-state index contributed by atoms with van der Waals surface area (Å²) in [6, 6.07) is -0.342. The monoisotopic (exact) mass is 217 g/mol. The Morgan fingerprint density at radius 3 is 2.36 bits per heavy atom. The Hall–Kier alpha value is -1.08. The Balaban J connectivity index is 2.15. The number of nitrogens with zero attached hydrogens (tertiary/aromatic N) is 2. The quantitative estimate of drug-likeness (QED) is 0.574. The number of urea groups is 1. The van der Waals surface area contributed by atoms with Crippen molar-refractivity contribution in [2.75, 3.05) is 19.6 Å². The molecule has 0 spiro atoms. The van der Waals surface area contributed by atoms with Gasteiger partial charge in [-0.1, -0.05) is 0 Å². The van der Waals surface area contributed by atoms with Crippen molar-refractivity contribution in [3.8, 4) is 0 Å². The fourth-order valence-electron chi connectivity index (χ4n) is 1.70. The van der Waals surface area contributed by atoms with E-state index in [1.165, 1.54) is 5.01 Å². The highest BCUT2D eigenvalue weighted by Gasteiger charge is 2.32. The second kappa shape index (κ2) is 3.58. The average molecular weight is 217 g/mol. The number of carbonyl (C=O) groups excluding carboxylic acids is 1. The second-order valence-corrected chi connectivity index (χ2v) is 4.27. The van der Waals surface area contributed by atoms with Crippen molar-refractivity contribution in [1.82, 2.24) is 15.3 Å². The van der Waals surface area contributed by atoms with Gasteiger partial charge in [0.25, 0.3) is 0 Å². The van der Waals surface area contributed by atoms with Crippen molar-refractivity contribution in [1.29, 1.82) is 0 Å². The number of carbonyl (C=O) groups is 1. The van der Waals surface area contributed by atoms with E-state index in [1.54, 1.807) is 0 Å². The lowest BCUT2D eigenvalue weighted by molar-refractivity contribution is 0.0614. The molecule has 0 unspecified atom stereocenters. The molecule has 78 valence electrons. The van der Waals surface area contributed by atoms with E-state index >= 15 is 0 Å². The number of hydrogen-bond donors (Lipinski definition) is 1. The summed E-state index contributed by atoms with van der Waals surface area (Å²) in [4.78, 5) is 11.4. The Labute approximate surface area is 83.0 Å². The summed E-state index contributed by atoms with van der Waals surface area (Å²) in [7, 11) is -2.32. The third-order valence-electron chi connectivity index (χ3n) is 2.40. The lowest BCUT2D eigenvalue weighted by Crippen LogP contribution is -2.42. The highest BCUT2D eigenvalue weighted by atomic mass is 32.2. The fourth-order valence-corrected chi connectivity index (χ4v) is 2.09. The van der Waals surface area contributed by atoms with Crippen molar-refractivity contribution < 1.29 is 13.2 Å². The molecule has 0 aromatic rings. The van der Waals surface area contributed by atoms with Gasteiger partial charge >= 0.3 is 6.03 Å². The Kier molecular flexibility index (Phi) is 2.42. The van der Waals surface area contributed by atoms with Crippen LogP contribution in [0.4, 0.5) is 4.79 Å². The molecule has 2 fully saturated rings. The summed E-state index contributed by atoms with van der Waals surface area (Å²) in [6.07, 6.45) is 2.11. The molecule has 7 heteroatoms. The van der Waals surface area contributed by atoms with Crippen molar-refractivity contribution in [3.63, 3.8) is 0 Å². The summed E-state index contributed by atoms with van der Waals surface area (Å²) in [5.74, 6) is 0. The Bertz CT molecular complexity index is 375. The van der Waals surface area contributed by atoms with Gasteiger partial charge < -0.3 is 0 Å². The number of hydrazine groups is 1. The molecule has 2 amide bonds. The maximum Gasteiger partial charge on any atom is 0.337 e. The largest absolute Gasteiger partial charge is 0.337 e. The van der Waals surface area contributed by atoms with Gasteiger partial charge in [-0.3, -0.25) is 5.32 Å². The number of rotatable bonds is 1. The van der Waals surface area contributed by atoms with Crippen molar-refractivity contribution >= 4 is 21.3 Å². The van der Waals surface area contributed by atoms with E-state index in [2.05, 4.69) is 5.32 Å². The first-order chi connectivity index (χ1) is 6.68. The number of hydrogen-bond acceptors (Lipinski definition) is 4. The van der Waals surface area contributed by atoms with E-state index < -0.39 is 10.3 Å². The van der Waals surface area contributed by atoms with Gasteiger partial charge in [-0.2, -0.15) is 8.42 Å². The van der Waals surface area contributed by atoms with Crippen molar-refractivity contribution in [2.45, 2.75) is 12.8 Å². The van der Waals surface area contributed by atoms with Crippen molar-refractivity contribution in [3.05, 3.63) is 0 Å². The van der Waals surface area contributed by atoms with Gasteiger partial charge in [0.1, 0.15) is 0 Å². The molecule has 0 atom stereocenters. The van der Waals surface area contributed by atoms with Gasteiger partial charge in [0.15, 0.2) is 4.99 Å². The van der Waals surface area contributed by atoms with Gasteiger partial charge in [-0.05, 0) is 12.8 Å². The minimum absolute atomic E-state index is 0.0573. The molecule has 0 saturated carbocycles. The zero-order valence-electron chi connectivity index (χ0n) is 7.56. The minimum Gasteiger partial charge on any atom is -0.295 e. The molecule has 6 nitrogen and oxygen atoms in total. The van der Waals surface area contributed by atoms with Crippen LogP contribution in [0, 0.1) is 0 Å². The minimum atomic E-state index is -2.32. The van der Waals surface area contributed by atoms with Crippen LogP contribution in [0.3, 0.4) is 0 Å². The van der Waals surface area contributed by atoms with Gasteiger partial charge in [-0.25, -0.2) is 14.8 Å². The smallest absolute Gasteiger partial charge is 0.295 e. The summed E-state index contributed by atoms with van der Waals surface area (Å²) in [5.41, 5.74) is 0. The predicted octanol–water partition coefficient (Wildman–Crippen LogP) is -0.969. The topological polar surface area (TPSA) is 69.7 Å². The molecule has 2 heterocycles. The van der Waals surface area contributed by atoms with E-state index in [0.29, 0.717) is 0 Å². The zero-order valence-corrected chi connectivity index (χ0v) is 8.38. The number of amides is 2. The van der Waals surface area contributed by atoms with Crippen LogP contribution >= 0.6 is 0 Å². The second-order valence-electron chi connectivity index (χ2n) is 3.31. The zero-order chi connectivity index (χ0) is 10.1. The first-order valence-corrected chi connectivity index (χ1v) is 5.54. The van der Waals surface area contributed by atoms with Crippen LogP contribution in [0.1, 0.15) is 12.8 Å². The first kappa shape index (κ1) is 9.47. The molecular weight excluding hydrogens is 206 g/mol. The number of nitrogens with one attached hydrogen (secondary N) is 1. The molecule has 2 aliphatic heterocycles. The lowest BCUT2D eigenvalue weighted by Gasteiger charge is -2.24. The van der Waals surface area contributed by atoms with Crippen LogP contribution in [0.15, 0.2) is 0 Å². The summed E-state index contributed by atoms with van der Waals surface area (Å²) in [5, 5.41) is 5.67. The van der Waals surface area contributed by atoms with E-state index in [9.17, 15) is 13.2 Å². The first-order valence-electron chi connectivity index (χ1n) is 4.47. The maximum atomic E-state index is 11.4. The van der Waals surface area contributed by atoms with E-state index in [1.807, 2.05) is 5.01 Å². The van der Waals surface area contributed by atoms with E-state index in [-0.39, 0.29) is 17.6 Å². The highest BCUT2D eigenvalue weighted by molar-refractivity contribution is 7.73. The van der Waals surface area contributed by atoms with Crippen LogP contribution < -0.4 is 5.32 Å². The SMILES string of the molecule is O=C1NC(=S(=O)=O)CN1N1CCCC1. The highest BCUT2D eigenvalue weighted by Crippen LogP contribution is 2.13. The molecular formula is C7H11N3O3S. The predicted molar refractivity (Wildman–Crippen MR) is 50.0 cm³/mol. The van der Waals surface area contributed by atoms with Gasteiger partial charge in [0, 0.05) is 13.1 Å².